The average molecular weight is 395 g/mol. The van der Waals surface area contributed by atoms with E-state index in [0.717, 1.165) is 11.3 Å². The highest BCUT2D eigenvalue weighted by molar-refractivity contribution is 6.30. The van der Waals surface area contributed by atoms with E-state index in [9.17, 15) is 9.59 Å². The van der Waals surface area contributed by atoms with Gasteiger partial charge in [0.1, 0.15) is 0 Å². The Kier molecular flexibility index (Phi) is 6.34. The number of rotatable bonds is 7. The first-order chi connectivity index (χ1) is 13.5. The van der Waals surface area contributed by atoms with Crippen molar-refractivity contribution in [2.24, 2.45) is 0 Å². The summed E-state index contributed by atoms with van der Waals surface area (Å²) >= 11 is 5.86. The maximum atomic E-state index is 12.2. The molecule has 1 aromatic heterocycles. The number of carbonyl (C=O) groups excluding carboxylic acids is 2. The fraction of sp³-hybridized carbons (Fsp3) is 0.143. The molecule has 1 heterocycles. The number of hydrogen-bond donors (Lipinski definition) is 2. The lowest BCUT2D eigenvalue weighted by Gasteiger charge is -2.07. The van der Waals surface area contributed by atoms with Crippen LogP contribution in [-0.2, 0) is 6.42 Å². The quantitative estimate of drug-likeness (QED) is 0.590. The number of hydrogen-bond acceptors (Lipinski definition) is 5. The lowest BCUT2D eigenvalue weighted by atomic mass is 10.1. The smallest absolute Gasteiger partial charge is 0.271 e. The monoisotopic (exact) mass is 394 g/mol. The highest BCUT2D eigenvalue weighted by Crippen LogP contribution is 2.16. The van der Waals surface area contributed by atoms with Crippen LogP contribution in [0.2, 0.25) is 5.02 Å². The van der Waals surface area contributed by atoms with Crippen molar-refractivity contribution in [3.63, 3.8) is 0 Å². The Morgan fingerprint density at radius 1 is 1.00 bits per heavy atom. The molecule has 0 unspecified atom stereocenters. The van der Waals surface area contributed by atoms with E-state index in [1.807, 2.05) is 30.3 Å². The van der Waals surface area contributed by atoms with Gasteiger partial charge in [0.25, 0.3) is 5.91 Å². The average Bonchev–Trinajstić information content (AvgIpc) is 2.70. The summed E-state index contributed by atoms with van der Waals surface area (Å²) in [6, 6.07) is 17.9. The molecule has 3 aromatic rings. The van der Waals surface area contributed by atoms with Gasteiger partial charge in [0.2, 0.25) is 0 Å². The number of carbonyl (C=O) groups is 2. The minimum atomic E-state index is -0.286. The summed E-state index contributed by atoms with van der Waals surface area (Å²) in [6.45, 7) is 2.00. The van der Waals surface area contributed by atoms with Gasteiger partial charge in [-0.25, -0.2) is 0 Å². The normalized spacial score (nSPS) is 10.4. The first-order valence-corrected chi connectivity index (χ1v) is 9.13. The predicted octanol–water partition coefficient (Wildman–Crippen LogP) is 4.05. The van der Waals surface area contributed by atoms with Crippen LogP contribution in [0, 0.1) is 0 Å². The molecule has 0 bridgehead atoms. The molecule has 142 valence electrons. The van der Waals surface area contributed by atoms with E-state index in [4.69, 9.17) is 11.6 Å². The minimum Gasteiger partial charge on any atom is -0.350 e. The number of nitrogens with one attached hydrogen (secondary N) is 2. The Hall–Kier alpha value is -3.25. The standard InChI is InChI=1S/C21H19ClN4O2/c1-14(27)16-3-2-4-18(13-16)24-20-10-9-19(25-26-20)21(28)23-12-11-15-5-7-17(22)8-6-15/h2-10,13H,11-12H2,1H3,(H,23,28)(H,24,26). The van der Waals surface area contributed by atoms with Crippen LogP contribution >= 0.6 is 11.6 Å². The summed E-state index contributed by atoms with van der Waals surface area (Å²) in [5.41, 5.74) is 2.65. The van der Waals surface area contributed by atoms with Crippen LogP contribution in [0.5, 0.6) is 0 Å². The van der Waals surface area contributed by atoms with Crippen molar-refractivity contribution in [3.05, 3.63) is 82.5 Å². The second kappa shape index (κ2) is 9.10. The fourth-order valence-corrected chi connectivity index (χ4v) is 2.67. The van der Waals surface area contributed by atoms with Crippen LogP contribution in [-0.4, -0.2) is 28.4 Å². The van der Waals surface area contributed by atoms with Crippen molar-refractivity contribution in [2.45, 2.75) is 13.3 Å². The Morgan fingerprint density at radius 3 is 2.46 bits per heavy atom. The van der Waals surface area contributed by atoms with Crippen molar-refractivity contribution < 1.29 is 9.59 Å². The van der Waals surface area contributed by atoms with Gasteiger partial charge in [-0.1, -0.05) is 35.9 Å². The molecule has 2 aromatic carbocycles. The second-order valence-electron chi connectivity index (χ2n) is 6.20. The van der Waals surface area contributed by atoms with Crippen LogP contribution in [0.4, 0.5) is 11.5 Å². The largest absolute Gasteiger partial charge is 0.350 e. The molecule has 0 radical (unpaired) electrons. The van der Waals surface area contributed by atoms with E-state index in [1.165, 1.54) is 6.92 Å². The Balaban J connectivity index is 1.54. The SMILES string of the molecule is CC(=O)c1cccc(Nc2ccc(C(=O)NCCc3ccc(Cl)cc3)nn2)c1. The molecule has 28 heavy (non-hydrogen) atoms. The van der Waals surface area contributed by atoms with Crippen LogP contribution in [0.3, 0.4) is 0 Å². The molecule has 0 aliphatic heterocycles. The zero-order valence-electron chi connectivity index (χ0n) is 15.3. The third kappa shape index (κ3) is 5.37. The van der Waals surface area contributed by atoms with Gasteiger partial charge in [0.05, 0.1) is 0 Å². The Labute approximate surface area is 168 Å². The Morgan fingerprint density at radius 2 is 1.79 bits per heavy atom. The molecule has 0 saturated heterocycles. The highest BCUT2D eigenvalue weighted by atomic mass is 35.5. The summed E-state index contributed by atoms with van der Waals surface area (Å²) in [5.74, 6) is 0.186. The summed E-state index contributed by atoms with van der Waals surface area (Å²) < 4.78 is 0. The second-order valence-corrected chi connectivity index (χ2v) is 6.63. The predicted molar refractivity (Wildman–Crippen MR) is 109 cm³/mol. The van der Waals surface area contributed by atoms with Crippen molar-refractivity contribution in [1.29, 1.82) is 0 Å². The Bertz CT molecular complexity index is 972. The van der Waals surface area contributed by atoms with E-state index in [1.54, 1.807) is 30.3 Å². The molecule has 0 atom stereocenters. The summed E-state index contributed by atoms with van der Waals surface area (Å²) in [5, 5.41) is 14.6. The van der Waals surface area contributed by atoms with Crippen LogP contribution in [0.25, 0.3) is 0 Å². The molecule has 0 spiro atoms. The molecule has 0 aliphatic rings. The zero-order valence-corrected chi connectivity index (χ0v) is 16.0. The number of nitrogens with zero attached hydrogens (tertiary/aromatic N) is 2. The van der Waals surface area contributed by atoms with E-state index < -0.39 is 0 Å². The van der Waals surface area contributed by atoms with Gasteiger partial charge in [0, 0.05) is 22.8 Å². The van der Waals surface area contributed by atoms with Gasteiger partial charge in [-0.15, -0.1) is 10.2 Å². The van der Waals surface area contributed by atoms with Gasteiger partial charge in [-0.2, -0.15) is 0 Å². The van der Waals surface area contributed by atoms with Gasteiger partial charge in [0.15, 0.2) is 17.3 Å². The van der Waals surface area contributed by atoms with Crippen LogP contribution < -0.4 is 10.6 Å². The molecule has 0 fully saturated rings. The van der Waals surface area contributed by atoms with Crippen LogP contribution in [0.15, 0.2) is 60.7 Å². The molecule has 6 nitrogen and oxygen atoms in total. The van der Waals surface area contributed by atoms with E-state index >= 15 is 0 Å². The molecular weight excluding hydrogens is 376 g/mol. The van der Waals surface area contributed by atoms with Gasteiger partial charge in [-0.05, 0) is 55.3 Å². The highest BCUT2D eigenvalue weighted by Gasteiger charge is 2.08. The number of benzene rings is 2. The molecule has 1 amide bonds. The number of ketones is 1. The third-order valence-corrected chi connectivity index (χ3v) is 4.30. The van der Waals surface area contributed by atoms with E-state index in [2.05, 4.69) is 20.8 Å². The van der Waals surface area contributed by atoms with Gasteiger partial charge >= 0.3 is 0 Å². The number of halogens is 1. The molecule has 7 heteroatoms. The van der Waals surface area contributed by atoms with Gasteiger partial charge < -0.3 is 10.6 Å². The molecule has 3 rings (SSSR count). The third-order valence-electron chi connectivity index (χ3n) is 4.05. The zero-order chi connectivity index (χ0) is 19.9. The van der Waals surface area contributed by atoms with Crippen molar-refractivity contribution in [3.8, 4) is 0 Å². The lowest BCUT2D eigenvalue weighted by molar-refractivity contribution is 0.0947. The summed E-state index contributed by atoms with van der Waals surface area (Å²) in [7, 11) is 0. The first kappa shape index (κ1) is 19.5. The van der Waals surface area contributed by atoms with E-state index in [0.29, 0.717) is 29.4 Å². The first-order valence-electron chi connectivity index (χ1n) is 8.75. The molecule has 0 saturated carbocycles. The van der Waals surface area contributed by atoms with Crippen LogP contribution in [0.1, 0.15) is 33.3 Å². The topological polar surface area (TPSA) is 84.0 Å². The summed E-state index contributed by atoms with van der Waals surface area (Å²) in [4.78, 5) is 23.6. The number of aromatic nitrogens is 2. The van der Waals surface area contributed by atoms with Crippen molar-refractivity contribution >= 4 is 34.8 Å². The number of anilines is 2. The van der Waals surface area contributed by atoms with Crippen molar-refractivity contribution in [1.82, 2.24) is 15.5 Å². The fourth-order valence-electron chi connectivity index (χ4n) is 2.55. The minimum absolute atomic E-state index is 0.0136. The summed E-state index contributed by atoms with van der Waals surface area (Å²) in [6.07, 6.45) is 0.697. The number of Topliss-reactive ketones (excluding diaryl/α,β-unsaturated/α-hetero) is 1. The molecular formula is C21H19ClN4O2. The maximum Gasteiger partial charge on any atom is 0.271 e. The maximum absolute atomic E-state index is 12.2. The lowest BCUT2D eigenvalue weighted by Crippen LogP contribution is -2.26. The molecule has 2 N–H and O–H groups in total. The van der Waals surface area contributed by atoms with Crippen molar-refractivity contribution in [2.75, 3.05) is 11.9 Å². The molecule has 0 aliphatic carbocycles. The van der Waals surface area contributed by atoms with Gasteiger partial charge in [-0.3, -0.25) is 9.59 Å². The van der Waals surface area contributed by atoms with E-state index in [-0.39, 0.29) is 17.4 Å². The number of amides is 1.